The van der Waals surface area contributed by atoms with Crippen LogP contribution >= 0.6 is 0 Å². The number of aromatic hydroxyl groups is 2. The van der Waals surface area contributed by atoms with Crippen LogP contribution in [0.3, 0.4) is 0 Å². The molecule has 2 bridgehead atoms. The molecule has 3 saturated carbocycles. The molecule has 1 aromatic carbocycles. The van der Waals surface area contributed by atoms with Crippen molar-refractivity contribution in [1.29, 1.82) is 0 Å². The molecule has 0 saturated heterocycles. The molecule has 7 heteroatoms. The molecule has 4 aliphatic rings. The summed E-state index contributed by atoms with van der Waals surface area (Å²) < 4.78 is 0. The Morgan fingerprint density at radius 3 is 2.71 bits per heavy atom. The van der Waals surface area contributed by atoms with Gasteiger partial charge in [0.15, 0.2) is 11.5 Å². The Morgan fingerprint density at radius 2 is 2.03 bits per heavy atom. The smallest absolute Gasteiger partial charge is 0.339 e. The van der Waals surface area contributed by atoms with Gasteiger partial charge in [-0.2, -0.15) is 0 Å². The molecular weight excluding hydrogens is 398 g/mol. The third kappa shape index (κ3) is 3.32. The molecule has 0 radical (unpaired) electrons. The second-order valence-corrected chi connectivity index (χ2v) is 9.42. The first-order valence-electron chi connectivity index (χ1n) is 10.6. The van der Waals surface area contributed by atoms with Gasteiger partial charge in [0.2, 0.25) is 5.91 Å². The number of ketones is 1. The van der Waals surface area contributed by atoms with Gasteiger partial charge < -0.3 is 20.6 Å². The van der Waals surface area contributed by atoms with E-state index in [-0.39, 0.29) is 29.2 Å². The number of carboxylic acids is 1. The maximum atomic E-state index is 12.9. The fraction of sp³-hybridized carbons (Fsp3) is 0.458. The van der Waals surface area contributed by atoms with Gasteiger partial charge in [-0.05, 0) is 67.6 Å². The average Bonchev–Trinajstić information content (AvgIpc) is 2.72. The second kappa shape index (κ2) is 7.25. The molecule has 4 N–H and O–H groups in total. The lowest BCUT2D eigenvalue weighted by Crippen LogP contribution is -2.54. The Balaban J connectivity index is 1.52. The second-order valence-electron chi connectivity index (χ2n) is 9.42. The summed E-state index contributed by atoms with van der Waals surface area (Å²) in [4.78, 5) is 36.8. The molecule has 1 aromatic rings. The number of phenols is 2. The number of carbonyl (C=O) groups is 3. The number of carbonyl (C=O) groups excluding carboxylic acids is 2. The zero-order valence-electron chi connectivity index (χ0n) is 17.5. The van der Waals surface area contributed by atoms with E-state index in [9.17, 15) is 24.6 Å². The molecule has 4 aliphatic carbocycles. The molecule has 0 aliphatic heterocycles. The molecule has 7 nitrogen and oxygen atoms in total. The maximum Gasteiger partial charge on any atom is 0.339 e. The number of nitrogens with one attached hydrogen (secondary N) is 1. The van der Waals surface area contributed by atoms with E-state index in [1.807, 2.05) is 6.92 Å². The molecule has 31 heavy (non-hydrogen) atoms. The summed E-state index contributed by atoms with van der Waals surface area (Å²) in [5.74, 6) is -2.42. The van der Waals surface area contributed by atoms with Crippen molar-refractivity contribution in [3.05, 3.63) is 42.0 Å². The molecule has 0 heterocycles. The summed E-state index contributed by atoms with van der Waals surface area (Å²) in [5, 5.41) is 31.6. The Morgan fingerprint density at radius 1 is 1.29 bits per heavy atom. The van der Waals surface area contributed by atoms with Gasteiger partial charge in [0.05, 0.1) is 0 Å². The first-order chi connectivity index (χ1) is 14.6. The quantitative estimate of drug-likeness (QED) is 0.417. The monoisotopic (exact) mass is 425 g/mol. The molecule has 5 rings (SSSR count). The minimum Gasteiger partial charge on any atom is -0.506 e. The van der Waals surface area contributed by atoms with Crippen LogP contribution in [0.25, 0.3) is 0 Å². The summed E-state index contributed by atoms with van der Waals surface area (Å²) in [6, 6.07) is 2.16. The average molecular weight is 425 g/mol. The molecule has 164 valence electrons. The number of allylic oxidation sites excluding steroid dienone is 3. The number of hydrogen-bond donors (Lipinski definition) is 4. The third-order valence-electron chi connectivity index (χ3n) is 7.73. The van der Waals surface area contributed by atoms with Crippen molar-refractivity contribution in [3.8, 4) is 11.5 Å². The fourth-order valence-corrected chi connectivity index (χ4v) is 5.91. The molecule has 1 amide bonds. The Labute approximate surface area is 180 Å². The number of hydrogen-bond acceptors (Lipinski definition) is 5. The van der Waals surface area contributed by atoms with Gasteiger partial charge in [-0.1, -0.05) is 25.2 Å². The fourth-order valence-electron chi connectivity index (χ4n) is 5.91. The van der Waals surface area contributed by atoms with Crippen LogP contribution in [-0.2, 0) is 9.59 Å². The van der Waals surface area contributed by atoms with Crippen molar-refractivity contribution in [2.75, 3.05) is 5.32 Å². The molecule has 0 aromatic heterocycles. The van der Waals surface area contributed by atoms with Gasteiger partial charge in [0, 0.05) is 11.8 Å². The van der Waals surface area contributed by atoms with E-state index in [1.165, 1.54) is 5.57 Å². The highest BCUT2D eigenvalue weighted by molar-refractivity contribution is 6.00. The first kappa shape index (κ1) is 21.2. The van der Waals surface area contributed by atoms with Crippen molar-refractivity contribution in [2.24, 2.45) is 22.7 Å². The van der Waals surface area contributed by atoms with E-state index in [2.05, 4.69) is 18.0 Å². The van der Waals surface area contributed by atoms with Crippen molar-refractivity contribution < 1.29 is 29.7 Å². The Hall–Kier alpha value is -3.09. The zero-order chi connectivity index (χ0) is 22.6. The van der Waals surface area contributed by atoms with Crippen molar-refractivity contribution in [3.63, 3.8) is 0 Å². The topological polar surface area (TPSA) is 124 Å². The number of aromatic carboxylic acids is 1. The van der Waals surface area contributed by atoms with E-state index in [0.29, 0.717) is 12.3 Å². The van der Waals surface area contributed by atoms with Crippen LogP contribution in [0.1, 0.15) is 55.8 Å². The van der Waals surface area contributed by atoms with Crippen LogP contribution < -0.4 is 5.32 Å². The van der Waals surface area contributed by atoms with Crippen molar-refractivity contribution >= 4 is 23.3 Å². The minimum absolute atomic E-state index is 0.00442. The van der Waals surface area contributed by atoms with E-state index in [4.69, 9.17) is 5.11 Å². The van der Waals surface area contributed by atoms with Gasteiger partial charge in [-0.3, -0.25) is 9.59 Å². The van der Waals surface area contributed by atoms with Crippen LogP contribution in [0.2, 0.25) is 0 Å². The normalized spacial score (nSPS) is 31.4. The van der Waals surface area contributed by atoms with Crippen LogP contribution in [0.15, 0.2) is 36.4 Å². The first-order valence-corrected chi connectivity index (χ1v) is 10.6. The van der Waals surface area contributed by atoms with Gasteiger partial charge in [0.25, 0.3) is 0 Å². The highest BCUT2D eigenvalue weighted by Gasteiger charge is 2.58. The molecule has 4 atom stereocenters. The molecule has 3 fully saturated rings. The van der Waals surface area contributed by atoms with Gasteiger partial charge in [-0.15, -0.1) is 0 Å². The standard InChI is InChI=1S/C24H27NO6/c1-13-12-24-9-5-14(13)11-17(24)23(2,18(27)6-10-24)8-7-19(28)25-20-16(26)4-3-15(21(20)29)22(30)31/h3-4,6,10,14,17,26,29H,1,5,7-9,11-12H2,2H3,(H,25,28)(H,30,31)/t14-,17?,23-,24?/m0/s1. The summed E-state index contributed by atoms with van der Waals surface area (Å²) in [6.07, 6.45) is 7.96. The molecule has 2 unspecified atom stereocenters. The predicted molar refractivity (Wildman–Crippen MR) is 114 cm³/mol. The van der Waals surface area contributed by atoms with Crippen LogP contribution in [0, 0.1) is 22.7 Å². The lowest BCUT2D eigenvalue weighted by atomic mass is 9.44. The summed E-state index contributed by atoms with van der Waals surface area (Å²) >= 11 is 0. The van der Waals surface area contributed by atoms with Gasteiger partial charge >= 0.3 is 5.97 Å². The van der Waals surface area contributed by atoms with Crippen LogP contribution in [0.4, 0.5) is 5.69 Å². The number of benzene rings is 1. The number of phenolic OH excluding ortho intramolecular Hbond substituents is 1. The third-order valence-corrected chi connectivity index (χ3v) is 7.73. The van der Waals surface area contributed by atoms with Crippen molar-refractivity contribution in [2.45, 2.75) is 45.4 Å². The van der Waals surface area contributed by atoms with Gasteiger partial charge in [0.1, 0.15) is 17.0 Å². The lowest BCUT2D eigenvalue weighted by molar-refractivity contribution is -0.136. The lowest BCUT2D eigenvalue weighted by Gasteiger charge is -2.59. The van der Waals surface area contributed by atoms with Crippen LogP contribution in [-0.4, -0.2) is 33.0 Å². The molecular formula is C24H27NO6. The minimum atomic E-state index is -1.38. The van der Waals surface area contributed by atoms with E-state index >= 15 is 0 Å². The number of anilines is 1. The van der Waals surface area contributed by atoms with E-state index in [0.717, 1.165) is 37.8 Å². The molecule has 1 spiro atoms. The Kier molecular flexibility index (Phi) is 4.95. The highest BCUT2D eigenvalue weighted by Crippen LogP contribution is 2.64. The predicted octanol–water partition coefficient (Wildman–Crippen LogP) is 4.02. The van der Waals surface area contributed by atoms with Gasteiger partial charge in [-0.25, -0.2) is 4.79 Å². The van der Waals surface area contributed by atoms with Crippen molar-refractivity contribution in [1.82, 2.24) is 0 Å². The Bertz CT molecular complexity index is 1030. The SMILES string of the molecule is C=C1CC23C=CC(=O)[C@@](C)(CCC(=O)Nc4c(O)ccc(C(=O)O)c4O)C2C[C@@H]1CC3. The maximum absolute atomic E-state index is 12.9. The summed E-state index contributed by atoms with van der Waals surface area (Å²) in [6.45, 7) is 6.17. The highest BCUT2D eigenvalue weighted by atomic mass is 16.4. The number of rotatable bonds is 5. The zero-order valence-corrected chi connectivity index (χ0v) is 17.5. The summed E-state index contributed by atoms with van der Waals surface area (Å²) in [5.41, 5.74) is -0.260. The van der Waals surface area contributed by atoms with E-state index < -0.39 is 34.4 Å². The summed E-state index contributed by atoms with van der Waals surface area (Å²) in [7, 11) is 0. The number of amides is 1. The number of carboxylic acid groups (broad SMARTS) is 1. The van der Waals surface area contributed by atoms with Crippen LogP contribution in [0.5, 0.6) is 11.5 Å². The number of fused-ring (bicyclic) bond motifs is 2. The van der Waals surface area contributed by atoms with E-state index in [1.54, 1.807) is 6.08 Å². The largest absolute Gasteiger partial charge is 0.506 e.